The van der Waals surface area contributed by atoms with Gasteiger partial charge in [0.25, 0.3) is 0 Å². The van der Waals surface area contributed by atoms with E-state index < -0.39 is 5.41 Å². The highest BCUT2D eigenvalue weighted by molar-refractivity contribution is 6.42. The number of piperidine rings is 1. The molecule has 0 radical (unpaired) electrons. The quantitative estimate of drug-likeness (QED) is 0.119. The molecule has 4 aromatic carbocycles. The summed E-state index contributed by atoms with van der Waals surface area (Å²) < 4.78 is 7.05. The summed E-state index contributed by atoms with van der Waals surface area (Å²) in [6.45, 7) is 9.44. The fourth-order valence-electron chi connectivity index (χ4n) is 8.55. The highest BCUT2D eigenvalue weighted by Gasteiger charge is 2.62. The molecule has 1 aliphatic carbocycles. The summed E-state index contributed by atoms with van der Waals surface area (Å²) in [5.74, 6) is 0.623. The molecule has 7 rings (SSSR count). The number of likely N-dealkylation sites (N-methyl/N-ethyl adjacent to an activating group) is 1. The first-order chi connectivity index (χ1) is 30.2. The Bertz CT molecular complexity index is 2310. The lowest BCUT2D eigenvalue weighted by atomic mass is 9.80. The number of imidazole rings is 1. The molecular formula is C48H53Cl5N6O4. The van der Waals surface area contributed by atoms with E-state index >= 15 is 0 Å². The number of benzene rings is 4. The summed E-state index contributed by atoms with van der Waals surface area (Å²) in [4.78, 5) is 48.7. The van der Waals surface area contributed by atoms with Gasteiger partial charge >= 0.3 is 6.03 Å². The number of aromatic nitrogens is 2. The lowest BCUT2D eigenvalue weighted by molar-refractivity contribution is -0.135. The molecule has 1 aliphatic heterocycles. The van der Waals surface area contributed by atoms with Gasteiger partial charge in [0.1, 0.15) is 12.9 Å². The van der Waals surface area contributed by atoms with Gasteiger partial charge in [0, 0.05) is 57.6 Å². The summed E-state index contributed by atoms with van der Waals surface area (Å²) in [7, 11) is 1.90. The average molecular weight is 955 g/mol. The molecule has 3 atom stereocenters. The molecule has 0 spiro atoms. The van der Waals surface area contributed by atoms with Crippen LogP contribution in [0, 0.1) is 5.92 Å². The first-order valence-corrected chi connectivity index (χ1v) is 23.0. The first-order valence-electron chi connectivity index (χ1n) is 21.1. The fraction of sp³-hybridized carbons (Fsp3) is 0.375. The molecule has 2 fully saturated rings. The van der Waals surface area contributed by atoms with E-state index in [2.05, 4.69) is 46.4 Å². The van der Waals surface area contributed by atoms with Gasteiger partial charge in [-0.3, -0.25) is 14.2 Å². The van der Waals surface area contributed by atoms with Crippen LogP contribution >= 0.6 is 58.0 Å². The number of halogens is 5. The van der Waals surface area contributed by atoms with Crippen LogP contribution in [0.5, 0.6) is 5.75 Å². The van der Waals surface area contributed by atoms with Crippen molar-refractivity contribution in [1.29, 1.82) is 0 Å². The molecule has 1 saturated carbocycles. The third-order valence-electron chi connectivity index (χ3n) is 12.1. The number of carbonyl (C=O) groups excluding carboxylic acids is 3. The molecule has 1 aromatic heterocycles. The van der Waals surface area contributed by atoms with Crippen molar-refractivity contribution < 1.29 is 19.1 Å². The molecule has 5 aromatic rings. The summed E-state index contributed by atoms with van der Waals surface area (Å²) in [5.41, 5.74) is 2.17. The Kier molecular flexibility index (Phi) is 16.5. The number of hydrogen-bond donors (Lipinski definition) is 1. The van der Waals surface area contributed by atoms with Gasteiger partial charge in [-0.2, -0.15) is 0 Å². The van der Waals surface area contributed by atoms with E-state index in [0.717, 1.165) is 62.0 Å². The highest BCUT2D eigenvalue weighted by Crippen LogP contribution is 2.57. The Morgan fingerprint density at radius 1 is 0.857 bits per heavy atom. The van der Waals surface area contributed by atoms with E-state index in [1.54, 1.807) is 42.4 Å². The van der Waals surface area contributed by atoms with Gasteiger partial charge in [0.05, 0.1) is 43.6 Å². The zero-order valence-electron chi connectivity index (χ0n) is 35.9. The summed E-state index contributed by atoms with van der Waals surface area (Å²) in [6.07, 6.45) is 7.89. The zero-order chi connectivity index (χ0) is 45.3. The van der Waals surface area contributed by atoms with E-state index in [-0.39, 0.29) is 42.0 Å². The van der Waals surface area contributed by atoms with Crippen molar-refractivity contribution in [2.75, 3.05) is 46.4 Å². The van der Waals surface area contributed by atoms with Crippen LogP contribution in [0.15, 0.2) is 110 Å². The maximum atomic E-state index is 14.3. The van der Waals surface area contributed by atoms with E-state index in [1.165, 1.54) is 10.9 Å². The molecule has 0 bridgehead atoms. The number of nitrogens with zero attached hydrogens (tertiary/aromatic N) is 5. The molecule has 2 aliphatic rings. The highest BCUT2D eigenvalue weighted by atomic mass is 35.5. The Morgan fingerprint density at radius 2 is 1.51 bits per heavy atom. The van der Waals surface area contributed by atoms with E-state index in [9.17, 15) is 14.4 Å². The molecule has 1 saturated heterocycles. The van der Waals surface area contributed by atoms with Gasteiger partial charge in [-0.25, -0.2) is 9.78 Å². The van der Waals surface area contributed by atoms with Crippen LogP contribution in [0.3, 0.4) is 0 Å². The standard InChI is InChI=1S/C33H37Cl2N3O2.C15H16Cl3N3O2/c1-23(25-10-6-4-7-11-25)37(3)31(40)33(27-14-15-29(34)30(35)20-27)21-28(33)22-38-18-16-32(17-19-38,36-24(2)39)26-12-8-5-9-13-26;1-2-4-20(15(22)21-5-3-19-10-21)6-7-23-14-12(17)8-11(16)9-13(14)18/h4-15,20,23,28H,16-19,21-22H2,1-3H3,(H,36,39);3,5,8-10H,2,4,6-7H2,1H3/t23?,28-,33+;/m0./s1. The third kappa shape index (κ3) is 11.5. The van der Waals surface area contributed by atoms with E-state index in [4.69, 9.17) is 62.7 Å². The largest absolute Gasteiger partial charge is 0.489 e. The van der Waals surface area contributed by atoms with Gasteiger partial charge in [0.15, 0.2) is 5.75 Å². The van der Waals surface area contributed by atoms with Crippen LogP contribution in [-0.2, 0) is 20.5 Å². The molecule has 15 heteroatoms. The number of ether oxygens (including phenoxy) is 1. The van der Waals surface area contributed by atoms with Crippen LogP contribution in [0.4, 0.5) is 4.79 Å². The second-order valence-electron chi connectivity index (χ2n) is 16.2. The van der Waals surface area contributed by atoms with Crippen LogP contribution in [0.25, 0.3) is 0 Å². The fourth-order valence-corrected chi connectivity index (χ4v) is 9.77. The van der Waals surface area contributed by atoms with Crippen LogP contribution < -0.4 is 10.1 Å². The van der Waals surface area contributed by atoms with Gasteiger partial charge in [-0.15, -0.1) is 0 Å². The van der Waals surface area contributed by atoms with Gasteiger partial charge in [0.2, 0.25) is 11.8 Å². The number of rotatable bonds is 14. The number of nitrogens with one attached hydrogen (secondary N) is 1. The van der Waals surface area contributed by atoms with Crippen molar-refractivity contribution in [2.45, 2.75) is 63.5 Å². The second kappa shape index (κ2) is 21.6. The van der Waals surface area contributed by atoms with Crippen molar-refractivity contribution in [3.8, 4) is 5.75 Å². The van der Waals surface area contributed by atoms with Gasteiger partial charge in [-0.1, -0.05) is 132 Å². The Morgan fingerprint density at radius 3 is 2.10 bits per heavy atom. The topological polar surface area (TPSA) is 100 Å². The summed E-state index contributed by atoms with van der Waals surface area (Å²) in [6, 6.07) is 28.9. The lowest BCUT2D eigenvalue weighted by Gasteiger charge is -2.43. The number of amides is 3. The third-order valence-corrected chi connectivity index (χ3v) is 13.6. The molecule has 1 N–H and O–H groups in total. The lowest BCUT2D eigenvalue weighted by Crippen LogP contribution is -2.53. The molecule has 3 amide bonds. The van der Waals surface area contributed by atoms with Crippen molar-refractivity contribution in [1.82, 2.24) is 29.6 Å². The number of likely N-dealkylation sites (tertiary alicyclic amines) is 1. The maximum absolute atomic E-state index is 14.3. The molecule has 334 valence electrons. The van der Waals surface area contributed by atoms with Gasteiger partial charge < -0.3 is 24.8 Å². The Balaban J connectivity index is 0.000000244. The molecule has 2 heterocycles. The molecule has 63 heavy (non-hydrogen) atoms. The van der Waals surface area contributed by atoms with Crippen molar-refractivity contribution >= 4 is 75.9 Å². The minimum atomic E-state index is -0.641. The van der Waals surface area contributed by atoms with Crippen LogP contribution in [-0.4, -0.2) is 88.5 Å². The minimum Gasteiger partial charge on any atom is -0.489 e. The second-order valence-corrected chi connectivity index (χ2v) is 18.3. The predicted molar refractivity (Wildman–Crippen MR) is 253 cm³/mol. The first kappa shape index (κ1) is 48.2. The summed E-state index contributed by atoms with van der Waals surface area (Å²) in [5, 5.41) is 5.34. The maximum Gasteiger partial charge on any atom is 0.329 e. The molecule has 1 unspecified atom stereocenters. The Labute approximate surface area is 395 Å². The number of carbonyl (C=O) groups is 3. The van der Waals surface area contributed by atoms with Crippen molar-refractivity contribution in [3.63, 3.8) is 0 Å². The zero-order valence-corrected chi connectivity index (χ0v) is 39.7. The SMILES string of the molecule is CC(=O)NC1(c2ccccc2)CCN(C[C@@H]2C[C@@]2(C(=O)N(C)C(C)c2ccccc2)c2ccc(Cl)c(Cl)c2)CC1.CCCN(CCOc1c(Cl)cc(Cl)cc1Cl)C(=O)n1ccnc1. The van der Waals surface area contributed by atoms with E-state index in [0.29, 0.717) is 44.0 Å². The molecule has 10 nitrogen and oxygen atoms in total. The smallest absolute Gasteiger partial charge is 0.329 e. The van der Waals surface area contributed by atoms with Crippen LogP contribution in [0.2, 0.25) is 25.1 Å². The minimum absolute atomic E-state index is 0.0145. The Hall–Kier alpha value is -4.29. The predicted octanol–water partition coefficient (Wildman–Crippen LogP) is 11.2. The average Bonchev–Trinajstić information content (AvgIpc) is 3.71. The molecular weight excluding hydrogens is 902 g/mol. The van der Waals surface area contributed by atoms with Crippen molar-refractivity contribution in [3.05, 3.63) is 152 Å². The van der Waals surface area contributed by atoms with Gasteiger partial charge in [-0.05, 0) is 79.5 Å². The normalized spacial score (nSPS) is 18.3. The number of hydrogen-bond acceptors (Lipinski definition) is 6. The van der Waals surface area contributed by atoms with Crippen molar-refractivity contribution in [2.24, 2.45) is 5.92 Å². The summed E-state index contributed by atoms with van der Waals surface area (Å²) >= 11 is 30.7. The van der Waals surface area contributed by atoms with Crippen LogP contribution in [0.1, 0.15) is 69.2 Å². The monoisotopic (exact) mass is 952 g/mol. The van der Waals surface area contributed by atoms with E-state index in [1.807, 2.05) is 67.4 Å².